The predicted octanol–water partition coefficient (Wildman–Crippen LogP) is 5.33. The minimum Gasteiger partial charge on any atom is -0.497 e. The van der Waals surface area contributed by atoms with Crippen molar-refractivity contribution in [2.24, 2.45) is 0 Å². The van der Waals surface area contributed by atoms with Crippen LogP contribution in [0.15, 0.2) is 60.7 Å². The van der Waals surface area contributed by atoms with Crippen LogP contribution in [0.1, 0.15) is 52.0 Å². The second-order valence-electron chi connectivity index (χ2n) is 9.28. The predicted molar refractivity (Wildman–Crippen MR) is 142 cm³/mol. The number of benzene rings is 3. The van der Waals surface area contributed by atoms with Gasteiger partial charge in [-0.05, 0) is 66.8 Å². The molecule has 3 aromatic rings. The Hall–Kier alpha value is -3.51. The fraction of sp³-hybridized carbons (Fsp3) is 0.367. The van der Waals surface area contributed by atoms with E-state index in [2.05, 4.69) is 60.5 Å². The van der Waals surface area contributed by atoms with E-state index in [4.69, 9.17) is 14.2 Å². The average Bonchev–Trinajstić information content (AvgIpc) is 2.92. The molecular weight excluding hydrogens is 452 g/mol. The zero-order valence-electron chi connectivity index (χ0n) is 21.8. The van der Waals surface area contributed by atoms with Gasteiger partial charge in [0.05, 0.1) is 27.4 Å². The molecule has 3 aromatic carbocycles. The van der Waals surface area contributed by atoms with Crippen LogP contribution in [0.5, 0.6) is 17.2 Å². The molecule has 36 heavy (non-hydrogen) atoms. The fourth-order valence-electron chi connectivity index (χ4n) is 5.03. The lowest BCUT2D eigenvalue weighted by Gasteiger charge is -2.42. The van der Waals surface area contributed by atoms with Crippen molar-refractivity contribution in [2.45, 2.75) is 45.3 Å². The Morgan fingerprint density at radius 1 is 1.00 bits per heavy atom. The Morgan fingerprint density at radius 3 is 2.39 bits per heavy atom. The standard InChI is InChI=1S/C30H36N2O4/c1-6-26(31-30(33)23-8-7-9-24(16-23)34-3)29-25-18-28(36-5)27(35-4)17-22(25)14-15-32(29)19-21-12-10-20(2)11-13-21/h7-13,16-18,26,29H,6,14-15,19H2,1-5H3,(H,31,33). The summed E-state index contributed by atoms with van der Waals surface area (Å²) in [5, 5.41) is 3.33. The Balaban J connectivity index is 1.71. The van der Waals surface area contributed by atoms with Gasteiger partial charge in [0, 0.05) is 24.7 Å². The maximum atomic E-state index is 13.3. The SMILES string of the molecule is CCC(NC(=O)c1cccc(OC)c1)C1c2cc(OC)c(OC)cc2CCN1Cc1ccc(C)cc1. The highest BCUT2D eigenvalue weighted by Gasteiger charge is 2.35. The van der Waals surface area contributed by atoms with Crippen LogP contribution in [0.4, 0.5) is 0 Å². The molecule has 6 heteroatoms. The molecule has 1 amide bonds. The van der Waals surface area contributed by atoms with Gasteiger partial charge in [-0.15, -0.1) is 0 Å². The maximum Gasteiger partial charge on any atom is 0.251 e. The first-order valence-electron chi connectivity index (χ1n) is 12.5. The monoisotopic (exact) mass is 488 g/mol. The van der Waals surface area contributed by atoms with Crippen LogP contribution in [0.25, 0.3) is 0 Å². The quantitative estimate of drug-likeness (QED) is 0.441. The Labute approximate surface area is 214 Å². The van der Waals surface area contributed by atoms with Gasteiger partial charge in [0.25, 0.3) is 5.91 Å². The first kappa shape index (κ1) is 25.6. The maximum absolute atomic E-state index is 13.3. The number of hydrogen-bond acceptors (Lipinski definition) is 5. The summed E-state index contributed by atoms with van der Waals surface area (Å²) in [6.07, 6.45) is 1.68. The van der Waals surface area contributed by atoms with E-state index in [0.29, 0.717) is 17.1 Å². The summed E-state index contributed by atoms with van der Waals surface area (Å²) >= 11 is 0. The molecule has 0 spiro atoms. The summed E-state index contributed by atoms with van der Waals surface area (Å²) in [5.41, 5.74) is 5.48. The summed E-state index contributed by atoms with van der Waals surface area (Å²) < 4.78 is 16.6. The third kappa shape index (κ3) is 5.49. The Morgan fingerprint density at radius 2 is 1.72 bits per heavy atom. The van der Waals surface area contributed by atoms with E-state index in [9.17, 15) is 4.79 Å². The van der Waals surface area contributed by atoms with Gasteiger partial charge < -0.3 is 19.5 Å². The molecule has 1 N–H and O–H groups in total. The van der Waals surface area contributed by atoms with Crippen molar-refractivity contribution in [2.75, 3.05) is 27.9 Å². The lowest BCUT2D eigenvalue weighted by Crippen LogP contribution is -2.48. The molecule has 0 aliphatic carbocycles. The number of carbonyl (C=O) groups excluding carboxylic acids is 1. The van der Waals surface area contributed by atoms with Crippen LogP contribution in [0.3, 0.4) is 0 Å². The summed E-state index contributed by atoms with van der Waals surface area (Å²) in [7, 11) is 4.93. The third-order valence-corrected chi connectivity index (χ3v) is 7.00. The van der Waals surface area contributed by atoms with Crippen molar-refractivity contribution in [3.05, 3.63) is 88.5 Å². The van der Waals surface area contributed by atoms with E-state index in [-0.39, 0.29) is 18.0 Å². The van der Waals surface area contributed by atoms with Crippen LogP contribution in [-0.4, -0.2) is 44.7 Å². The molecule has 0 saturated carbocycles. The number of methoxy groups -OCH3 is 3. The van der Waals surface area contributed by atoms with Crippen molar-refractivity contribution in [1.29, 1.82) is 0 Å². The molecule has 4 rings (SSSR count). The molecule has 0 fully saturated rings. The van der Waals surface area contributed by atoms with Gasteiger partial charge in [0.2, 0.25) is 0 Å². The van der Waals surface area contributed by atoms with E-state index in [1.807, 2.05) is 18.2 Å². The average molecular weight is 489 g/mol. The number of carbonyl (C=O) groups is 1. The van der Waals surface area contributed by atoms with Crippen LogP contribution < -0.4 is 19.5 Å². The first-order chi connectivity index (χ1) is 17.5. The van der Waals surface area contributed by atoms with Crippen molar-refractivity contribution >= 4 is 5.91 Å². The first-order valence-corrected chi connectivity index (χ1v) is 12.5. The van der Waals surface area contributed by atoms with E-state index in [0.717, 1.165) is 31.7 Å². The number of nitrogens with zero attached hydrogens (tertiary/aromatic N) is 1. The van der Waals surface area contributed by atoms with Crippen molar-refractivity contribution in [1.82, 2.24) is 10.2 Å². The fourth-order valence-corrected chi connectivity index (χ4v) is 5.03. The highest BCUT2D eigenvalue weighted by Crippen LogP contribution is 2.40. The van der Waals surface area contributed by atoms with E-state index >= 15 is 0 Å². The van der Waals surface area contributed by atoms with Crippen LogP contribution in [-0.2, 0) is 13.0 Å². The van der Waals surface area contributed by atoms with Crippen LogP contribution in [0.2, 0.25) is 0 Å². The second kappa shape index (κ2) is 11.5. The zero-order valence-corrected chi connectivity index (χ0v) is 21.8. The number of ether oxygens (including phenoxy) is 3. The molecule has 1 aliphatic rings. The van der Waals surface area contributed by atoms with Crippen LogP contribution in [0, 0.1) is 6.92 Å². The Bertz CT molecular complexity index is 1190. The zero-order chi connectivity index (χ0) is 25.7. The van der Waals surface area contributed by atoms with Crippen molar-refractivity contribution < 1.29 is 19.0 Å². The number of aryl methyl sites for hydroxylation is 1. The number of nitrogens with one attached hydrogen (secondary N) is 1. The van der Waals surface area contributed by atoms with Gasteiger partial charge in [-0.1, -0.05) is 42.8 Å². The number of rotatable bonds is 9. The smallest absolute Gasteiger partial charge is 0.251 e. The normalized spacial score (nSPS) is 16.1. The molecule has 2 unspecified atom stereocenters. The molecule has 190 valence electrons. The van der Waals surface area contributed by atoms with Gasteiger partial charge >= 0.3 is 0 Å². The molecular formula is C30H36N2O4. The number of amides is 1. The van der Waals surface area contributed by atoms with Crippen molar-refractivity contribution in [3.8, 4) is 17.2 Å². The molecule has 2 atom stereocenters. The van der Waals surface area contributed by atoms with Crippen LogP contribution >= 0.6 is 0 Å². The highest BCUT2D eigenvalue weighted by atomic mass is 16.5. The molecule has 0 bridgehead atoms. The van der Waals surface area contributed by atoms with Gasteiger partial charge in [0.1, 0.15) is 5.75 Å². The summed E-state index contributed by atoms with van der Waals surface area (Å²) in [4.78, 5) is 15.8. The van der Waals surface area contributed by atoms with E-state index in [1.54, 1.807) is 27.4 Å². The summed E-state index contributed by atoms with van der Waals surface area (Å²) in [6.45, 7) is 5.90. The van der Waals surface area contributed by atoms with Gasteiger partial charge in [-0.2, -0.15) is 0 Å². The lowest BCUT2D eigenvalue weighted by atomic mass is 9.86. The molecule has 0 saturated heterocycles. The second-order valence-corrected chi connectivity index (χ2v) is 9.28. The highest BCUT2D eigenvalue weighted by molar-refractivity contribution is 5.94. The van der Waals surface area contributed by atoms with Gasteiger partial charge in [-0.25, -0.2) is 0 Å². The largest absolute Gasteiger partial charge is 0.497 e. The van der Waals surface area contributed by atoms with E-state index < -0.39 is 0 Å². The lowest BCUT2D eigenvalue weighted by molar-refractivity contribution is 0.0858. The molecule has 1 aliphatic heterocycles. The summed E-state index contributed by atoms with van der Waals surface area (Å²) in [5.74, 6) is 1.99. The Kier molecular flexibility index (Phi) is 8.16. The van der Waals surface area contributed by atoms with Gasteiger partial charge in [0.15, 0.2) is 11.5 Å². The topological polar surface area (TPSA) is 60.0 Å². The number of fused-ring (bicyclic) bond motifs is 1. The molecule has 1 heterocycles. The van der Waals surface area contributed by atoms with E-state index in [1.165, 1.54) is 22.3 Å². The summed E-state index contributed by atoms with van der Waals surface area (Å²) in [6, 6.07) is 20.0. The minimum absolute atomic E-state index is 0.0191. The van der Waals surface area contributed by atoms with Crippen molar-refractivity contribution in [3.63, 3.8) is 0 Å². The molecule has 0 radical (unpaired) electrons. The minimum atomic E-state index is -0.108. The third-order valence-electron chi connectivity index (χ3n) is 7.00. The van der Waals surface area contributed by atoms with Gasteiger partial charge in [-0.3, -0.25) is 9.69 Å². The molecule has 0 aromatic heterocycles. The number of hydrogen-bond donors (Lipinski definition) is 1. The molecule has 6 nitrogen and oxygen atoms in total.